The summed E-state index contributed by atoms with van der Waals surface area (Å²) in [6.07, 6.45) is 12.1. The predicted molar refractivity (Wildman–Crippen MR) is 267 cm³/mol. The normalized spacial score (nSPS) is 22.4. The maximum atomic E-state index is 15.7. The summed E-state index contributed by atoms with van der Waals surface area (Å²) in [5.41, 5.74) is 3.16. The first-order chi connectivity index (χ1) is 33.6. The number of aliphatic hydroxyl groups excluding tert-OH is 2. The second-order valence-corrected chi connectivity index (χ2v) is 20.4. The molecule has 69 heavy (non-hydrogen) atoms. The highest BCUT2D eigenvalue weighted by atomic mass is 32.2. The van der Waals surface area contributed by atoms with Crippen LogP contribution >= 0.6 is 11.8 Å². The number of hydrogen-bond acceptors (Lipinski definition) is 13. The van der Waals surface area contributed by atoms with E-state index in [1.54, 1.807) is 54.4 Å². The molecule has 2 N–H and O–H groups in total. The molecule has 0 radical (unpaired) electrons. The van der Waals surface area contributed by atoms with E-state index in [9.17, 15) is 20.3 Å². The van der Waals surface area contributed by atoms with Crippen molar-refractivity contribution in [3.05, 3.63) is 149 Å². The highest BCUT2D eigenvalue weighted by molar-refractivity contribution is 7.98. The molecular weight excluding hydrogens is 917 g/mol. The Hall–Kier alpha value is -5.62. The van der Waals surface area contributed by atoms with Gasteiger partial charge in [0.15, 0.2) is 0 Å². The van der Waals surface area contributed by atoms with Gasteiger partial charge in [-0.1, -0.05) is 55.3 Å². The van der Waals surface area contributed by atoms with E-state index < -0.39 is 32.7 Å². The number of ether oxygens (including phenoxy) is 3. The number of aromatic nitrogens is 1. The number of benzene rings is 4. The Morgan fingerprint density at radius 2 is 1.72 bits per heavy atom. The van der Waals surface area contributed by atoms with Gasteiger partial charge >= 0.3 is 0 Å². The van der Waals surface area contributed by atoms with Gasteiger partial charge in [-0.05, 0) is 128 Å². The number of non-ortho nitro benzene ring substituents is 1. The Morgan fingerprint density at radius 3 is 2.43 bits per heavy atom. The van der Waals surface area contributed by atoms with E-state index in [0.29, 0.717) is 58.7 Å². The minimum atomic E-state index is -4.36. The van der Waals surface area contributed by atoms with Gasteiger partial charge in [0, 0.05) is 66.3 Å². The van der Waals surface area contributed by atoms with Gasteiger partial charge in [0.05, 0.1) is 34.7 Å². The summed E-state index contributed by atoms with van der Waals surface area (Å²) in [5.74, 6) is -0.950. The molecule has 1 fully saturated rings. The van der Waals surface area contributed by atoms with Gasteiger partial charge in [-0.25, -0.2) is 8.42 Å². The average Bonchev–Trinajstić information content (AvgIpc) is 3.36. The monoisotopic (exact) mass is 976 g/mol. The van der Waals surface area contributed by atoms with Crippen LogP contribution in [0.2, 0.25) is 0 Å². The van der Waals surface area contributed by atoms with Crippen LogP contribution in [0.25, 0.3) is 10.9 Å². The van der Waals surface area contributed by atoms with E-state index in [0.717, 1.165) is 41.7 Å². The number of rotatable bonds is 23. The lowest BCUT2D eigenvalue weighted by Crippen LogP contribution is -2.70. The highest BCUT2D eigenvalue weighted by Crippen LogP contribution is 2.62. The second kappa shape index (κ2) is 22.4. The number of para-hydroxylation sites is 1. The molecule has 1 aliphatic heterocycles. The molecule has 2 heterocycles. The van der Waals surface area contributed by atoms with Crippen LogP contribution in [0.3, 0.4) is 0 Å². The Labute approximate surface area is 408 Å². The zero-order chi connectivity index (χ0) is 48.5. The summed E-state index contributed by atoms with van der Waals surface area (Å²) < 4.78 is 53.9. The van der Waals surface area contributed by atoms with Crippen LogP contribution in [0.4, 0.5) is 5.69 Å². The smallest absolute Gasteiger partial charge is 0.269 e. The van der Waals surface area contributed by atoms with Crippen LogP contribution in [0.5, 0.6) is 17.2 Å². The number of fused-ring (bicyclic) bond motifs is 3. The number of pyridine rings is 1. The molecule has 2 aliphatic carbocycles. The number of thioether (sulfide) groups is 1. The van der Waals surface area contributed by atoms with Gasteiger partial charge in [0.25, 0.3) is 5.69 Å². The van der Waals surface area contributed by atoms with E-state index in [2.05, 4.69) is 17.6 Å². The molecule has 0 bridgehead atoms. The SMILES string of the molecule is C=CCOC12Oc3ccc(Oc4ccc(SC)cc4)cc3C3C(CCCCO)C(CCCCO)C=C(C(=NOCc4ccc([N+](=O)[O-])cc4)CC1N(CCC)S(=O)(=O)c1cccc4cccnc14)C32. The van der Waals surface area contributed by atoms with Crippen LogP contribution in [0, 0.1) is 27.9 Å². The third-order valence-corrected chi connectivity index (χ3v) is 16.2. The number of aliphatic hydroxyl groups is 2. The number of unbranched alkanes of at least 4 members (excludes halogenated alkanes) is 2. The number of oxime groups is 1. The van der Waals surface area contributed by atoms with Crippen LogP contribution < -0.4 is 9.47 Å². The molecule has 8 rings (SSSR count). The van der Waals surface area contributed by atoms with E-state index >= 15 is 8.42 Å². The molecular formula is C53H60N4O10S2. The van der Waals surface area contributed by atoms with Gasteiger partial charge in [-0.3, -0.25) is 15.1 Å². The van der Waals surface area contributed by atoms with Crippen molar-refractivity contribution in [1.82, 2.24) is 9.29 Å². The molecule has 4 aromatic carbocycles. The number of allylic oxidation sites excluding steroid dienone is 1. The lowest BCUT2D eigenvalue weighted by Gasteiger charge is -2.59. The van der Waals surface area contributed by atoms with Crippen molar-refractivity contribution < 1.29 is 42.6 Å². The topological polar surface area (TPSA) is 183 Å². The number of nitro groups is 1. The summed E-state index contributed by atoms with van der Waals surface area (Å²) in [7, 11) is -4.36. The fourth-order valence-electron chi connectivity index (χ4n) is 10.4. The van der Waals surface area contributed by atoms with Crippen molar-refractivity contribution in [3.8, 4) is 17.2 Å². The van der Waals surface area contributed by atoms with E-state index in [1.807, 2.05) is 67.8 Å². The Kier molecular flexibility index (Phi) is 16.2. The highest BCUT2D eigenvalue weighted by Gasteiger charge is 2.66. The van der Waals surface area contributed by atoms with Crippen LogP contribution in [-0.4, -0.2) is 83.0 Å². The molecule has 0 amide bonds. The van der Waals surface area contributed by atoms with Gasteiger partial charge < -0.3 is 29.3 Å². The number of nitro benzene ring substituents is 1. The van der Waals surface area contributed by atoms with E-state index in [4.69, 9.17) is 24.2 Å². The Balaban J connectivity index is 1.35. The van der Waals surface area contributed by atoms with Gasteiger partial charge in [0.1, 0.15) is 28.8 Å². The molecule has 364 valence electrons. The van der Waals surface area contributed by atoms with Crippen molar-refractivity contribution in [2.24, 2.45) is 22.9 Å². The lowest BCUT2D eigenvalue weighted by molar-refractivity contribution is -0.384. The fourth-order valence-corrected chi connectivity index (χ4v) is 12.7. The second-order valence-electron chi connectivity index (χ2n) is 17.7. The Bertz CT molecular complexity index is 2760. The summed E-state index contributed by atoms with van der Waals surface area (Å²) in [6, 6.07) is 27.5. The van der Waals surface area contributed by atoms with Crippen LogP contribution in [0.15, 0.2) is 143 Å². The van der Waals surface area contributed by atoms with E-state index in [-0.39, 0.29) is 67.7 Å². The third kappa shape index (κ3) is 10.5. The largest absolute Gasteiger partial charge is 0.460 e. The van der Waals surface area contributed by atoms with Crippen molar-refractivity contribution in [1.29, 1.82) is 0 Å². The minimum absolute atomic E-state index is 0.00798. The standard InChI is InChI=1S/C53H60N4O10S2/c1-4-28-56(69(62,63)48-16-10-13-37-14-11-27-54-52(37)48)49-34-46(55-65-35-36-17-19-39(20-18-36)57(60)61)44-32-38(12-6-8-29-58)43(15-7-9-30-59)50-45-33-41(66-40-21-24-42(68-3)25-22-40)23-26-47(45)67-53(49,51(44)50)64-31-5-2/h5,10-11,13-14,16-27,32-33,38,43,49-51,58-59H,2,4,6-9,12,15,28-31,34-35H2,1,3H3. The Morgan fingerprint density at radius 1 is 0.986 bits per heavy atom. The maximum absolute atomic E-state index is 15.7. The maximum Gasteiger partial charge on any atom is 0.269 e. The average molecular weight is 977 g/mol. The zero-order valence-corrected chi connectivity index (χ0v) is 40.7. The first-order valence-electron chi connectivity index (χ1n) is 23.7. The fraction of sp³-hybridized carbons (Fsp3) is 0.396. The predicted octanol–water partition coefficient (Wildman–Crippen LogP) is 10.6. The zero-order valence-electron chi connectivity index (χ0n) is 39.0. The van der Waals surface area contributed by atoms with Crippen LogP contribution in [0.1, 0.15) is 75.3 Å². The molecule has 14 nitrogen and oxygen atoms in total. The summed E-state index contributed by atoms with van der Waals surface area (Å²) >= 11 is 1.64. The van der Waals surface area contributed by atoms with Crippen molar-refractivity contribution >= 4 is 44.1 Å². The van der Waals surface area contributed by atoms with Gasteiger partial charge in [-0.15, -0.1) is 18.3 Å². The number of hydrogen-bond donors (Lipinski definition) is 2. The van der Waals surface area contributed by atoms with Crippen molar-refractivity contribution in [3.63, 3.8) is 0 Å². The summed E-state index contributed by atoms with van der Waals surface area (Å²) in [4.78, 5) is 22.9. The molecule has 5 aromatic rings. The molecule has 0 saturated heterocycles. The summed E-state index contributed by atoms with van der Waals surface area (Å²) in [5, 5.41) is 37.1. The minimum Gasteiger partial charge on any atom is -0.460 e. The van der Waals surface area contributed by atoms with Crippen molar-refractivity contribution in [2.75, 3.05) is 32.6 Å². The molecule has 3 aliphatic rings. The molecule has 1 aromatic heterocycles. The molecule has 1 saturated carbocycles. The number of nitrogens with zero attached hydrogens (tertiary/aromatic N) is 4. The van der Waals surface area contributed by atoms with Crippen molar-refractivity contribution in [2.45, 2.75) is 92.4 Å². The first kappa shape index (κ1) is 49.8. The van der Waals surface area contributed by atoms with Gasteiger partial charge in [0.2, 0.25) is 15.8 Å². The van der Waals surface area contributed by atoms with Gasteiger partial charge in [-0.2, -0.15) is 4.31 Å². The lowest BCUT2D eigenvalue weighted by atomic mass is 9.55. The summed E-state index contributed by atoms with van der Waals surface area (Å²) in [6.45, 7) is 6.18. The number of sulfonamides is 1. The third-order valence-electron chi connectivity index (χ3n) is 13.5. The first-order valence-corrected chi connectivity index (χ1v) is 26.3. The molecule has 0 spiro atoms. The quantitative estimate of drug-likeness (QED) is 0.0208. The molecule has 6 unspecified atom stereocenters. The van der Waals surface area contributed by atoms with E-state index in [1.165, 1.54) is 16.4 Å². The molecule has 16 heteroatoms. The van der Waals surface area contributed by atoms with Crippen LogP contribution in [-0.2, 0) is 26.2 Å². The molecule has 6 atom stereocenters.